The van der Waals surface area contributed by atoms with Crippen LogP contribution in [0, 0.1) is 5.92 Å². The highest BCUT2D eigenvalue weighted by atomic mass is 35.5. The molecule has 1 aliphatic rings. The van der Waals surface area contributed by atoms with Gasteiger partial charge in [0.2, 0.25) is 5.91 Å². The summed E-state index contributed by atoms with van der Waals surface area (Å²) in [5, 5.41) is 3.87. The second kappa shape index (κ2) is 7.58. The number of nitrogens with one attached hydrogen (secondary N) is 2. The number of fused-ring (bicyclic) bond motifs is 3. The number of H-pyrrole nitrogens is 1. The lowest BCUT2D eigenvalue weighted by Gasteiger charge is -2.41. The van der Waals surface area contributed by atoms with Crippen LogP contribution in [0.4, 0.5) is 4.79 Å². The number of hydrogen-bond donors (Lipinski definition) is 3. The average Bonchev–Trinajstić information content (AvgIpc) is 2.97. The van der Waals surface area contributed by atoms with Crippen LogP contribution >= 0.6 is 11.6 Å². The van der Waals surface area contributed by atoms with Crippen molar-refractivity contribution in [2.24, 2.45) is 11.7 Å². The van der Waals surface area contributed by atoms with Gasteiger partial charge in [-0.1, -0.05) is 32.0 Å². The summed E-state index contributed by atoms with van der Waals surface area (Å²) in [4.78, 5) is 30.1. The molecule has 1 unspecified atom stereocenters. The van der Waals surface area contributed by atoms with Crippen molar-refractivity contribution < 1.29 is 9.59 Å². The number of carbonyl (C=O) groups excluding carboxylic acids is 2. The van der Waals surface area contributed by atoms with E-state index in [0.717, 1.165) is 28.6 Å². The number of rotatable bonds is 5. The van der Waals surface area contributed by atoms with Gasteiger partial charge in [-0.15, -0.1) is 11.6 Å². The molecule has 140 valence electrons. The molecule has 7 heteroatoms. The Labute approximate surface area is 158 Å². The van der Waals surface area contributed by atoms with E-state index in [1.807, 2.05) is 24.3 Å². The molecular weight excluding hydrogens is 352 g/mol. The molecule has 0 aliphatic carbocycles. The van der Waals surface area contributed by atoms with E-state index in [1.165, 1.54) is 0 Å². The Bertz CT molecular complexity index is 817. The lowest BCUT2D eigenvalue weighted by Crippen LogP contribution is -2.56. The third kappa shape index (κ3) is 3.38. The number of aromatic amines is 1. The van der Waals surface area contributed by atoms with E-state index in [9.17, 15) is 9.59 Å². The SMILES string of the molecule is CC(C)CC1c2[nH]c3ccccc3c2C[C@H](C(N)=O)N1C(=O)NCCCl. The summed E-state index contributed by atoms with van der Waals surface area (Å²) in [5.74, 6) is 0.165. The van der Waals surface area contributed by atoms with Crippen LogP contribution in [0.1, 0.15) is 37.6 Å². The summed E-state index contributed by atoms with van der Waals surface area (Å²) < 4.78 is 0. The van der Waals surface area contributed by atoms with Gasteiger partial charge in [-0.3, -0.25) is 4.79 Å². The summed E-state index contributed by atoms with van der Waals surface area (Å²) in [6.07, 6.45) is 1.15. The van der Waals surface area contributed by atoms with Gasteiger partial charge in [0.25, 0.3) is 0 Å². The van der Waals surface area contributed by atoms with Gasteiger partial charge in [-0.05, 0) is 24.0 Å². The predicted molar refractivity (Wildman–Crippen MR) is 103 cm³/mol. The molecule has 4 N–H and O–H groups in total. The van der Waals surface area contributed by atoms with Crippen LogP contribution in [0.15, 0.2) is 24.3 Å². The number of hydrogen-bond acceptors (Lipinski definition) is 2. The first-order valence-corrected chi connectivity index (χ1v) is 9.48. The van der Waals surface area contributed by atoms with E-state index in [4.69, 9.17) is 17.3 Å². The smallest absolute Gasteiger partial charge is 0.318 e. The molecule has 26 heavy (non-hydrogen) atoms. The molecular formula is C19H25ClN4O2. The molecule has 1 aliphatic heterocycles. The Morgan fingerprint density at radius 3 is 2.77 bits per heavy atom. The predicted octanol–water partition coefficient (Wildman–Crippen LogP) is 2.92. The molecule has 6 nitrogen and oxygen atoms in total. The minimum Gasteiger partial charge on any atom is -0.368 e. The van der Waals surface area contributed by atoms with Crippen LogP contribution in [0.2, 0.25) is 0 Å². The normalized spacial score (nSPS) is 19.6. The van der Waals surface area contributed by atoms with Gasteiger partial charge < -0.3 is 20.9 Å². The van der Waals surface area contributed by atoms with Crippen molar-refractivity contribution in [1.82, 2.24) is 15.2 Å². The van der Waals surface area contributed by atoms with E-state index in [1.54, 1.807) is 4.90 Å². The summed E-state index contributed by atoms with van der Waals surface area (Å²) in [6.45, 7) is 4.55. The Balaban J connectivity index is 2.11. The first kappa shape index (κ1) is 18.6. The molecule has 2 heterocycles. The molecule has 2 atom stereocenters. The fourth-order valence-corrected chi connectivity index (χ4v) is 3.91. The first-order chi connectivity index (χ1) is 12.4. The standard InChI is InChI=1S/C19H25ClN4O2/c1-11(2)9-15-17-13(12-5-3-4-6-14(12)23-17)10-16(18(21)25)24(15)19(26)22-8-7-20/h3-6,11,15-16,23H,7-10H2,1-2H3,(H2,21,25)(H,22,26)/t15?,16-/m1/s1. The summed E-state index contributed by atoms with van der Waals surface area (Å²) in [5.41, 5.74) is 8.78. The highest BCUT2D eigenvalue weighted by Gasteiger charge is 2.42. The number of nitrogens with zero attached hydrogens (tertiary/aromatic N) is 1. The number of para-hydroxylation sites is 1. The Morgan fingerprint density at radius 2 is 2.12 bits per heavy atom. The zero-order valence-corrected chi connectivity index (χ0v) is 15.8. The van der Waals surface area contributed by atoms with E-state index in [-0.39, 0.29) is 12.1 Å². The van der Waals surface area contributed by atoms with E-state index in [2.05, 4.69) is 24.1 Å². The fraction of sp³-hybridized carbons (Fsp3) is 0.474. The topological polar surface area (TPSA) is 91.2 Å². The van der Waals surface area contributed by atoms with Crippen LogP contribution in [0.5, 0.6) is 0 Å². The largest absolute Gasteiger partial charge is 0.368 e. The fourth-order valence-electron chi connectivity index (χ4n) is 3.82. The Hall–Kier alpha value is -2.21. The molecule has 0 saturated heterocycles. The number of aromatic nitrogens is 1. The third-order valence-corrected chi connectivity index (χ3v) is 5.07. The van der Waals surface area contributed by atoms with E-state index >= 15 is 0 Å². The summed E-state index contributed by atoms with van der Waals surface area (Å²) in [6, 6.07) is 6.78. The van der Waals surface area contributed by atoms with Crippen molar-refractivity contribution in [1.29, 1.82) is 0 Å². The van der Waals surface area contributed by atoms with Crippen molar-refractivity contribution in [3.05, 3.63) is 35.5 Å². The second-order valence-corrected chi connectivity index (χ2v) is 7.54. The molecule has 0 bridgehead atoms. The van der Waals surface area contributed by atoms with Crippen molar-refractivity contribution in [2.45, 2.75) is 38.8 Å². The monoisotopic (exact) mass is 376 g/mol. The van der Waals surface area contributed by atoms with Crippen LogP contribution < -0.4 is 11.1 Å². The molecule has 1 aromatic carbocycles. The molecule has 0 radical (unpaired) electrons. The number of carbonyl (C=O) groups is 2. The highest BCUT2D eigenvalue weighted by molar-refractivity contribution is 6.18. The second-order valence-electron chi connectivity index (χ2n) is 7.16. The minimum atomic E-state index is -0.680. The number of nitrogens with two attached hydrogens (primary N) is 1. The van der Waals surface area contributed by atoms with Gasteiger partial charge >= 0.3 is 6.03 Å². The Kier molecular flexibility index (Phi) is 5.41. The van der Waals surface area contributed by atoms with Gasteiger partial charge in [-0.25, -0.2) is 4.79 Å². The molecule has 3 amide bonds. The van der Waals surface area contributed by atoms with Crippen molar-refractivity contribution in [3.63, 3.8) is 0 Å². The highest BCUT2D eigenvalue weighted by Crippen LogP contribution is 2.40. The van der Waals surface area contributed by atoms with Crippen molar-refractivity contribution >= 4 is 34.4 Å². The third-order valence-electron chi connectivity index (χ3n) is 4.88. The minimum absolute atomic E-state index is 0.237. The average molecular weight is 377 g/mol. The molecule has 0 fully saturated rings. The van der Waals surface area contributed by atoms with Gasteiger partial charge in [0.15, 0.2) is 0 Å². The van der Waals surface area contributed by atoms with E-state index < -0.39 is 11.9 Å². The van der Waals surface area contributed by atoms with Gasteiger partial charge in [0.1, 0.15) is 6.04 Å². The van der Waals surface area contributed by atoms with Gasteiger partial charge in [-0.2, -0.15) is 0 Å². The van der Waals surface area contributed by atoms with E-state index in [0.29, 0.717) is 24.8 Å². The summed E-state index contributed by atoms with van der Waals surface area (Å²) in [7, 11) is 0. The Morgan fingerprint density at radius 1 is 1.38 bits per heavy atom. The quantitative estimate of drug-likeness (QED) is 0.700. The number of urea groups is 1. The van der Waals surface area contributed by atoms with Crippen LogP contribution in [-0.4, -0.2) is 40.3 Å². The molecule has 3 rings (SSSR count). The molecule has 0 spiro atoms. The zero-order valence-electron chi connectivity index (χ0n) is 15.1. The molecule has 2 aromatic rings. The zero-order chi connectivity index (χ0) is 18.8. The van der Waals surface area contributed by atoms with Gasteiger partial charge in [0.05, 0.1) is 6.04 Å². The number of alkyl halides is 1. The van der Waals surface area contributed by atoms with Crippen molar-refractivity contribution in [2.75, 3.05) is 12.4 Å². The number of amides is 3. The van der Waals surface area contributed by atoms with Crippen LogP contribution in [-0.2, 0) is 11.2 Å². The van der Waals surface area contributed by atoms with Crippen LogP contribution in [0.25, 0.3) is 10.9 Å². The summed E-state index contributed by atoms with van der Waals surface area (Å²) >= 11 is 5.71. The first-order valence-electron chi connectivity index (χ1n) is 8.95. The maximum Gasteiger partial charge on any atom is 0.318 e. The number of benzene rings is 1. The van der Waals surface area contributed by atoms with Gasteiger partial charge in [0, 0.05) is 35.4 Å². The molecule has 0 saturated carbocycles. The van der Waals surface area contributed by atoms with Crippen LogP contribution in [0.3, 0.4) is 0 Å². The van der Waals surface area contributed by atoms with Crippen molar-refractivity contribution in [3.8, 4) is 0 Å². The number of halogens is 1. The number of primary amides is 1. The maximum atomic E-state index is 12.8. The lowest BCUT2D eigenvalue weighted by molar-refractivity contribution is -0.123. The molecule has 1 aromatic heterocycles. The lowest BCUT2D eigenvalue weighted by atomic mass is 9.87. The maximum absolute atomic E-state index is 12.8.